The number of hydrogen-bond donors (Lipinski definition) is 0. The van der Waals surface area contributed by atoms with Gasteiger partial charge in [-0.3, -0.25) is 4.79 Å². The number of halogens is 3. The van der Waals surface area contributed by atoms with Crippen molar-refractivity contribution >= 4 is 16.7 Å². The van der Waals surface area contributed by atoms with Gasteiger partial charge >= 0.3 is 6.18 Å². The summed E-state index contributed by atoms with van der Waals surface area (Å²) in [5.74, 6) is -0.149. The van der Waals surface area contributed by atoms with E-state index in [-0.39, 0.29) is 11.8 Å². The minimum Gasteiger partial charge on any atom is -0.344 e. The van der Waals surface area contributed by atoms with Gasteiger partial charge < -0.3 is 4.57 Å². The molecule has 0 aliphatic carbocycles. The molecule has 5 heteroatoms. The Bertz CT molecular complexity index is 638. The van der Waals surface area contributed by atoms with Crippen molar-refractivity contribution in [2.24, 2.45) is 0 Å². The lowest BCUT2D eigenvalue weighted by Gasteiger charge is -2.11. The molecule has 0 bridgehead atoms. The number of rotatable bonds is 2. The summed E-state index contributed by atoms with van der Waals surface area (Å²) in [6.45, 7) is 5.14. The van der Waals surface area contributed by atoms with E-state index in [2.05, 4.69) is 0 Å². The van der Waals surface area contributed by atoms with Crippen molar-refractivity contribution in [3.8, 4) is 0 Å². The van der Waals surface area contributed by atoms with Crippen LogP contribution in [0.2, 0.25) is 0 Å². The maximum absolute atomic E-state index is 12.7. The zero-order valence-corrected chi connectivity index (χ0v) is 10.9. The lowest BCUT2D eigenvalue weighted by molar-refractivity contribution is -0.137. The van der Waals surface area contributed by atoms with Gasteiger partial charge in [-0.25, -0.2) is 0 Å². The van der Waals surface area contributed by atoms with Crippen LogP contribution in [0.4, 0.5) is 13.2 Å². The lowest BCUT2D eigenvalue weighted by Crippen LogP contribution is -2.05. The molecule has 102 valence electrons. The summed E-state index contributed by atoms with van der Waals surface area (Å²) in [6, 6.07) is 3.47. The number of nitrogens with zero attached hydrogens (tertiary/aromatic N) is 1. The molecule has 0 amide bonds. The molecule has 0 spiro atoms. The van der Waals surface area contributed by atoms with E-state index in [1.807, 2.05) is 13.8 Å². The maximum Gasteiger partial charge on any atom is 0.416 e. The Morgan fingerprint density at radius 3 is 2.37 bits per heavy atom. The minimum atomic E-state index is -4.38. The van der Waals surface area contributed by atoms with Crippen molar-refractivity contribution in [3.63, 3.8) is 0 Å². The normalized spacial score (nSPS) is 12.4. The lowest BCUT2D eigenvalue weighted by atomic mass is 10.1. The van der Waals surface area contributed by atoms with Gasteiger partial charge in [-0.1, -0.05) is 6.07 Å². The van der Waals surface area contributed by atoms with E-state index < -0.39 is 11.7 Å². The van der Waals surface area contributed by atoms with Gasteiger partial charge in [0.25, 0.3) is 0 Å². The molecule has 0 aliphatic rings. The Morgan fingerprint density at radius 2 is 1.89 bits per heavy atom. The summed E-state index contributed by atoms with van der Waals surface area (Å²) in [4.78, 5) is 11.5. The number of ketones is 1. The van der Waals surface area contributed by atoms with Gasteiger partial charge in [0.1, 0.15) is 0 Å². The summed E-state index contributed by atoms with van der Waals surface area (Å²) in [5.41, 5.74) is 0.197. The van der Waals surface area contributed by atoms with Crippen LogP contribution in [-0.2, 0) is 6.18 Å². The third-order valence-electron chi connectivity index (χ3n) is 3.10. The van der Waals surface area contributed by atoms with Crippen LogP contribution in [-0.4, -0.2) is 10.4 Å². The first-order valence-electron chi connectivity index (χ1n) is 5.94. The molecule has 19 heavy (non-hydrogen) atoms. The molecule has 0 N–H and O–H groups in total. The van der Waals surface area contributed by atoms with Crippen LogP contribution in [0.3, 0.4) is 0 Å². The average molecular weight is 269 g/mol. The number of Topliss-reactive ketones (excluding diaryl/α,β-unsaturated/α-hetero) is 1. The van der Waals surface area contributed by atoms with E-state index in [0.29, 0.717) is 16.5 Å². The molecule has 0 atom stereocenters. The van der Waals surface area contributed by atoms with Crippen LogP contribution in [0.25, 0.3) is 10.9 Å². The third kappa shape index (κ3) is 2.37. The van der Waals surface area contributed by atoms with Gasteiger partial charge in [-0.05, 0) is 32.9 Å². The molecule has 1 heterocycles. The van der Waals surface area contributed by atoms with Crippen LogP contribution in [0.15, 0.2) is 24.4 Å². The Balaban J connectivity index is 2.77. The molecule has 2 nitrogen and oxygen atoms in total. The van der Waals surface area contributed by atoms with E-state index in [1.165, 1.54) is 13.0 Å². The fourth-order valence-electron chi connectivity index (χ4n) is 2.14. The van der Waals surface area contributed by atoms with Gasteiger partial charge in [-0.2, -0.15) is 13.2 Å². The summed E-state index contributed by atoms with van der Waals surface area (Å²) in [6.07, 6.45) is -2.76. The highest BCUT2D eigenvalue weighted by Crippen LogP contribution is 2.33. The van der Waals surface area contributed by atoms with Crippen molar-refractivity contribution in [1.82, 2.24) is 4.57 Å². The predicted molar refractivity (Wildman–Crippen MR) is 67.3 cm³/mol. The van der Waals surface area contributed by atoms with Crippen LogP contribution in [0, 0.1) is 0 Å². The molecule has 0 saturated carbocycles. The minimum absolute atomic E-state index is 0.0147. The van der Waals surface area contributed by atoms with Crippen LogP contribution in [0.5, 0.6) is 0 Å². The van der Waals surface area contributed by atoms with Crippen molar-refractivity contribution in [2.45, 2.75) is 33.0 Å². The fourth-order valence-corrected chi connectivity index (χ4v) is 2.14. The molecular weight excluding hydrogens is 255 g/mol. The summed E-state index contributed by atoms with van der Waals surface area (Å²) in [7, 11) is 0. The highest BCUT2D eigenvalue weighted by Gasteiger charge is 2.31. The molecule has 0 fully saturated rings. The second kappa shape index (κ2) is 4.40. The summed E-state index contributed by atoms with van der Waals surface area (Å²) >= 11 is 0. The maximum atomic E-state index is 12.7. The molecule has 0 radical (unpaired) electrons. The molecule has 2 rings (SSSR count). The number of carbonyl (C=O) groups is 1. The monoisotopic (exact) mass is 269 g/mol. The second-order valence-electron chi connectivity index (χ2n) is 4.83. The van der Waals surface area contributed by atoms with Gasteiger partial charge in [0.05, 0.1) is 5.56 Å². The highest BCUT2D eigenvalue weighted by molar-refractivity contribution is 6.07. The third-order valence-corrected chi connectivity index (χ3v) is 3.10. The molecular formula is C14H14F3NO. The van der Waals surface area contributed by atoms with Gasteiger partial charge in [0.2, 0.25) is 0 Å². The molecule has 0 saturated heterocycles. The molecule has 0 unspecified atom stereocenters. The molecule has 0 aliphatic heterocycles. The quantitative estimate of drug-likeness (QED) is 0.738. The Kier molecular flexibility index (Phi) is 3.16. The highest BCUT2D eigenvalue weighted by atomic mass is 19.4. The van der Waals surface area contributed by atoms with E-state index >= 15 is 0 Å². The largest absolute Gasteiger partial charge is 0.416 e. The number of hydrogen-bond acceptors (Lipinski definition) is 1. The number of aromatic nitrogens is 1. The fraction of sp³-hybridized carbons (Fsp3) is 0.357. The Hall–Kier alpha value is -1.78. The first-order valence-corrected chi connectivity index (χ1v) is 5.94. The van der Waals surface area contributed by atoms with Crippen LogP contribution >= 0.6 is 0 Å². The number of carbonyl (C=O) groups excluding carboxylic acids is 1. The van der Waals surface area contributed by atoms with E-state index in [9.17, 15) is 18.0 Å². The average Bonchev–Trinajstić information content (AvgIpc) is 2.66. The van der Waals surface area contributed by atoms with Crippen LogP contribution < -0.4 is 0 Å². The Morgan fingerprint density at radius 1 is 1.26 bits per heavy atom. The first kappa shape index (κ1) is 13.6. The number of alkyl halides is 3. The van der Waals surface area contributed by atoms with E-state index in [0.717, 1.165) is 12.1 Å². The summed E-state index contributed by atoms with van der Waals surface area (Å²) in [5, 5.41) is 0.564. The molecule has 2 aromatic rings. The summed E-state index contributed by atoms with van der Waals surface area (Å²) < 4.78 is 39.9. The number of benzene rings is 1. The van der Waals surface area contributed by atoms with Gasteiger partial charge in [0, 0.05) is 28.7 Å². The van der Waals surface area contributed by atoms with Gasteiger partial charge in [-0.15, -0.1) is 0 Å². The van der Waals surface area contributed by atoms with Crippen molar-refractivity contribution < 1.29 is 18.0 Å². The van der Waals surface area contributed by atoms with Crippen molar-refractivity contribution in [1.29, 1.82) is 0 Å². The number of fused-ring (bicyclic) bond motifs is 1. The topological polar surface area (TPSA) is 22.0 Å². The predicted octanol–water partition coefficient (Wildman–Crippen LogP) is 4.44. The van der Waals surface area contributed by atoms with Crippen molar-refractivity contribution in [3.05, 3.63) is 35.5 Å². The standard InChI is InChI=1S/C14H14F3NO/c1-8(2)18-7-12(9(3)19)11-5-4-10(6-13(11)18)14(15,16)17/h4-8H,1-3H3. The zero-order chi connectivity index (χ0) is 14.4. The SMILES string of the molecule is CC(=O)c1cn(C(C)C)c2cc(C(F)(F)F)ccc12. The van der Waals surface area contributed by atoms with Gasteiger partial charge in [0.15, 0.2) is 5.78 Å². The smallest absolute Gasteiger partial charge is 0.344 e. The zero-order valence-electron chi connectivity index (χ0n) is 10.9. The second-order valence-corrected chi connectivity index (χ2v) is 4.83. The van der Waals surface area contributed by atoms with Crippen molar-refractivity contribution in [2.75, 3.05) is 0 Å². The molecule has 1 aromatic heterocycles. The van der Waals surface area contributed by atoms with E-state index in [1.54, 1.807) is 10.8 Å². The Labute approximate surface area is 108 Å². The first-order chi connectivity index (χ1) is 8.71. The van der Waals surface area contributed by atoms with Crippen LogP contribution in [0.1, 0.15) is 42.7 Å². The molecule has 1 aromatic carbocycles. The van der Waals surface area contributed by atoms with E-state index in [4.69, 9.17) is 0 Å².